The van der Waals surface area contributed by atoms with Gasteiger partial charge in [-0.05, 0) is 36.4 Å². The summed E-state index contributed by atoms with van der Waals surface area (Å²) in [5, 5.41) is 13.5. The summed E-state index contributed by atoms with van der Waals surface area (Å²) in [4.78, 5) is 32.1. The first-order chi connectivity index (χ1) is 11.5. The number of carbonyl (C=O) groups excluding carboxylic acids is 1. The summed E-state index contributed by atoms with van der Waals surface area (Å²) >= 11 is 3.14. The molecule has 1 N–H and O–H groups in total. The number of nitro benzene ring substituents is 1. The highest BCUT2D eigenvalue weighted by Gasteiger charge is 2.16. The van der Waals surface area contributed by atoms with Crippen LogP contribution in [0.15, 0.2) is 52.2 Å². The first kappa shape index (κ1) is 20.0. The largest absolute Gasteiger partial charge is 0.514 e. The molecule has 2 aromatic carbocycles. The van der Waals surface area contributed by atoms with Gasteiger partial charge >= 0.3 is 6.16 Å². The van der Waals surface area contributed by atoms with Crippen molar-refractivity contribution in [3.8, 4) is 5.75 Å². The Labute approximate surface area is 151 Å². The third kappa shape index (κ3) is 5.84. The van der Waals surface area contributed by atoms with Crippen molar-refractivity contribution >= 4 is 33.5 Å². The Morgan fingerprint density at radius 2 is 1.92 bits per heavy atom. The first-order valence-electron chi connectivity index (χ1n) is 6.45. The van der Waals surface area contributed by atoms with Crippen LogP contribution >= 0.6 is 15.9 Å². The van der Waals surface area contributed by atoms with E-state index in [4.69, 9.17) is 9.47 Å². The van der Waals surface area contributed by atoms with Gasteiger partial charge in [0.15, 0.2) is 0 Å². The molecular formula is C15H14BrN3O6. The Morgan fingerprint density at radius 3 is 2.52 bits per heavy atom. The van der Waals surface area contributed by atoms with E-state index in [2.05, 4.69) is 26.6 Å². The number of anilines is 1. The average Bonchev–Trinajstić information content (AvgIpc) is 2.55. The minimum absolute atomic E-state index is 0. The molecule has 0 fully saturated rings. The number of hydrogen-bond acceptors (Lipinski definition) is 7. The van der Waals surface area contributed by atoms with Crippen molar-refractivity contribution in [1.29, 1.82) is 0 Å². The molecule has 0 saturated carbocycles. The Kier molecular flexibility index (Phi) is 7.47. The Balaban J connectivity index is 0.00000312. The Hall–Kier alpha value is -3.01. The minimum Gasteiger partial charge on any atom is -0.429 e. The molecule has 0 saturated heterocycles. The molecule has 0 aromatic heterocycles. The van der Waals surface area contributed by atoms with E-state index in [9.17, 15) is 19.8 Å². The minimum atomic E-state index is -1.01. The highest BCUT2D eigenvalue weighted by atomic mass is 79.9. The number of rotatable bonds is 6. The highest BCUT2D eigenvalue weighted by molar-refractivity contribution is 9.10. The summed E-state index contributed by atoms with van der Waals surface area (Å²) in [7, 11) is 0. The monoisotopic (exact) mass is 411 g/mol. The van der Waals surface area contributed by atoms with E-state index in [1.54, 1.807) is 6.07 Å². The quantitative estimate of drug-likeness (QED) is 0.238. The van der Waals surface area contributed by atoms with Gasteiger partial charge in [-0.15, -0.1) is 4.91 Å². The molecule has 132 valence electrons. The number of nitrogens with zero attached hydrogens (tertiary/aromatic N) is 2. The van der Waals surface area contributed by atoms with E-state index in [1.807, 2.05) is 0 Å². The predicted molar refractivity (Wildman–Crippen MR) is 94.2 cm³/mol. The molecule has 0 heterocycles. The molecule has 9 nitrogen and oxygen atoms in total. The van der Waals surface area contributed by atoms with Gasteiger partial charge in [-0.25, -0.2) is 10.2 Å². The lowest BCUT2D eigenvalue weighted by molar-refractivity contribution is -0.385. The van der Waals surface area contributed by atoms with Crippen LogP contribution in [0.3, 0.4) is 0 Å². The van der Waals surface area contributed by atoms with Crippen molar-refractivity contribution in [2.45, 2.75) is 14.0 Å². The van der Waals surface area contributed by atoms with Crippen LogP contribution in [0.25, 0.3) is 0 Å². The number of ether oxygens (including phenoxy) is 2. The van der Waals surface area contributed by atoms with Crippen LogP contribution in [0.1, 0.15) is 13.0 Å². The predicted octanol–water partition coefficient (Wildman–Crippen LogP) is 4.80. The molecule has 0 unspecified atom stereocenters. The van der Waals surface area contributed by atoms with Crippen LogP contribution in [0.4, 0.5) is 16.2 Å². The van der Waals surface area contributed by atoms with E-state index < -0.39 is 11.1 Å². The van der Waals surface area contributed by atoms with Crippen LogP contribution in [-0.4, -0.2) is 11.1 Å². The number of nitro groups is 1. The third-order valence-electron chi connectivity index (χ3n) is 2.82. The molecule has 0 spiro atoms. The number of hydrogen-bond donors (Lipinski definition) is 1. The van der Waals surface area contributed by atoms with Gasteiger partial charge in [-0.3, -0.25) is 10.1 Å². The fourth-order valence-corrected chi connectivity index (χ4v) is 2.09. The number of benzene rings is 2. The maximum atomic E-state index is 11.6. The van der Waals surface area contributed by atoms with E-state index in [0.717, 1.165) is 0 Å². The van der Waals surface area contributed by atoms with Crippen molar-refractivity contribution in [2.75, 3.05) is 5.43 Å². The molecule has 0 atom stereocenters. The van der Waals surface area contributed by atoms with Crippen LogP contribution in [0, 0.1) is 15.0 Å². The highest BCUT2D eigenvalue weighted by Crippen LogP contribution is 2.24. The Bertz CT molecular complexity index is 766. The molecule has 2 aromatic rings. The summed E-state index contributed by atoms with van der Waals surface area (Å²) in [6, 6.07) is 10.2. The van der Waals surface area contributed by atoms with Gasteiger partial charge in [0.05, 0.1) is 21.5 Å². The van der Waals surface area contributed by atoms with Gasteiger partial charge in [-0.1, -0.05) is 23.4 Å². The maximum absolute atomic E-state index is 11.6. The summed E-state index contributed by atoms with van der Waals surface area (Å²) in [5.74, 6) is 0.182. The van der Waals surface area contributed by atoms with Gasteiger partial charge in [-0.2, -0.15) is 0 Å². The van der Waals surface area contributed by atoms with Gasteiger partial charge < -0.3 is 9.47 Å². The second kappa shape index (κ2) is 9.33. The second-order valence-electron chi connectivity index (χ2n) is 4.40. The standard InChI is InChI=1S/C14H10BrN3O6.CH4/c15-10-2-1-9(13(7-10)18(21)22)8-23-14(19)24-12-5-3-11(4-6-12)16-17-20;/h1-7H,8H2,(H,16,20);1H4. The van der Waals surface area contributed by atoms with Crippen LogP contribution in [-0.2, 0) is 11.3 Å². The lowest BCUT2D eigenvalue weighted by Gasteiger charge is -2.07. The summed E-state index contributed by atoms with van der Waals surface area (Å²) in [6.07, 6.45) is -1.01. The van der Waals surface area contributed by atoms with Crippen molar-refractivity contribution in [3.05, 3.63) is 67.5 Å². The van der Waals surface area contributed by atoms with E-state index >= 15 is 0 Å². The normalized spacial score (nSPS) is 9.48. The molecule has 0 aliphatic heterocycles. The molecule has 2 rings (SSSR count). The summed E-state index contributed by atoms with van der Waals surface area (Å²) < 4.78 is 10.3. The summed E-state index contributed by atoms with van der Waals surface area (Å²) in [6.45, 7) is -0.308. The molecular weight excluding hydrogens is 398 g/mol. The molecule has 25 heavy (non-hydrogen) atoms. The topological polar surface area (TPSA) is 120 Å². The van der Waals surface area contributed by atoms with Gasteiger partial charge in [0, 0.05) is 10.5 Å². The molecule has 0 bridgehead atoms. The smallest absolute Gasteiger partial charge is 0.429 e. The number of carbonyl (C=O) groups is 1. The van der Waals surface area contributed by atoms with Gasteiger partial charge in [0.25, 0.3) is 5.69 Å². The fourth-order valence-electron chi connectivity index (χ4n) is 1.74. The molecule has 10 heteroatoms. The van der Waals surface area contributed by atoms with Crippen molar-refractivity contribution in [3.63, 3.8) is 0 Å². The molecule has 0 radical (unpaired) electrons. The SMILES string of the molecule is C.O=NNc1ccc(OC(=O)OCc2ccc(Br)cc2[N+](=O)[O-])cc1. The van der Waals surface area contributed by atoms with Gasteiger partial charge in [0.1, 0.15) is 12.4 Å². The van der Waals surface area contributed by atoms with E-state index in [1.165, 1.54) is 36.4 Å². The average molecular weight is 412 g/mol. The van der Waals surface area contributed by atoms with E-state index in [0.29, 0.717) is 10.2 Å². The van der Waals surface area contributed by atoms with Gasteiger partial charge in [0.2, 0.25) is 0 Å². The summed E-state index contributed by atoms with van der Waals surface area (Å²) in [5.41, 5.74) is 2.67. The maximum Gasteiger partial charge on any atom is 0.514 e. The lowest BCUT2D eigenvalue weighted by atomic mass is 10.2. The zero-order valence-corrected chi connectivity index (χ0v) is 13.6. The number of nitroso groups, excluding NO2 is 1. The zero-order chi connectivity index (χ0) is 17.5. The second-order valence-corrected chi connectivity index (χ2v) is 5.31. The molecule has 0 aliphatic carbocycles. The number of halogens is 1. The van der Waals surface area contributed by atoms with Crippen molar-refractivity contribution < 1.29 is 19.2 Å². The molecule has 0 aliphatic rings. The fraction of sp³-hybridized carbons (Fsp3) is 0.133. The zero-order valence-electron chi connectivity index (χ0n) is 12.0. The van der Waals surface area contributed by atoms with E-state index in [-0.39, 0.29) is 31.0 Å². The Morgan fingerprint density at radius 1 is 1.24 bits per heavy atom. The third-order valence-corrected chi connectivity index (χ3v) is 3.31. The first-order valence-corrected chi connectivity index (χ1v) is 7.25. The van der Waals surface area contributed by atoms with Crippen molar-refractivity contribution in [1.82, 2.24) is 0 Å². The molecule has 0 amide bonds. The van der Waals surface area contributed by atoms with Crippen LogP contribution in [0.2, 0.25) is 0 Å². The van der Waals surface area contributed by atoms with Crippen molar-refractivity contribution in [2.24, 2.45) is 5.29 Å². The lowest BCUT2D eigenvalue weighted by Crippen LogP contribution is -2.11. The van der Waals surface area contributed by atoms with Crippen LogP contribution in [0.5, 0.6) is 5.75 Å². The van der Waals surface area contributed by atoms with Crippen LogP contribution < -0.4 is 10.2 Å². The number of nitrogens with one attached hydrogen (secondary N) is 1.